The number of hydrogen-bond donors (Lipinski definition) is 0. The molecule has 0 saturated carbocycles. The van der Waals surface area contributed by atoms with E-state index in [0.29, 0.717) is 21.2 Å². The highest BCUT2D eigenvalue weighted by molar-refractivity contribution is 6.31. The lowest BCUT2D eigenvalue weighted by Gasteiger charge is -2.00. The van der Waals surface area contributed by atoms with Gasteiger partial charge in [-0.2, -0.15) is 0 Å². The van der Waals surface area contributed by atoms with Crippen molar-refractivity contribution in [1.82, 2.24) is 0 Å². The second kappa shape index (κ2) is 4.97. The number of carbonyl (C=O) groups is 1. The molecule has 0 spiro atoms. The van der Waals surface area contributed by atoms with Crippen molar-refractivity contribution in [2.75, 3.05) is 0 Å². The van der Waals surface area contributed by atoms with Crippen LogP contribution in [0.2, 0.25) is 10.0 Å². The van der Waals surface area contributed by atoms with Crippen LogP contribution >= 0.6 is 23.2 Å². The zero-order chi connectivity index (χ0) is 14.3. The Hall–Kier alpha value is -1.77. The zero-order valence-corrected chi connectivity index (χ0v) is 12.1. The van der Waals surface area contributed by atoms with Crippen LogP contribution in [0, 0.1) is 6.92 Å². The molecule has 0 unspecified atom stereocenters. The Balaban J connectivity index is 2.07. The van der Waals surface area contributed by atoms with Crippen LogP contribution in [0.25, 0.3) is 11.0 Å². The maximum absolute atomic E-state index is 12.4. The molecule has 0 atom stereocenters. The molecule has 3 rings (SSSR count). The fourth-order valence-corrected chi connectivity index (χ4v) is 2.61. The first-order valence-electron chi connectivity index (χ1n) is 6.04. The molecule has 1 heterocycles. The van der Waals surface area contributed by atoms with Gasteiger partial charge in [-0.15, -0.1) is 0 Å². The van der Waals surface area contributed by atoms with Crippen LogP contribution in [0.15, 0.2) is 46.9 Å². The zero-order valence-electron chi connectivity index (χ0n) is 10.6. The van der Waals surface area contributed by atoms with E-state index in [1.807, 2.05) is 6.92 Å². The number of benzene rings is 2. The quantitative estimate of drug-likeness (QED) is 0.603. The summed E-state index contributed by atoms with van der Waals surface area (Å²) in [6, 6.07) is 12.2. The predicted molar refractivity (Wildman–Crippen MR) is 80.8 cm³/mol. The average molecular weight is 305 g/mol. The Labute approximate surface area is 125 Å². The SMILES string of the molecule is Cc1cc(Cl)cc(C(=O)c2cc3cc(Cl)ccc3o2)c1. The number of furan rings is 1. The minimum atomic E-state index is -0.192. The van der Waals surface area contributed by atoms with Crippen molar-refractivity contribution < 1.29 is 9.21 Å². The van der Waals surface area contributed by atoms with Crippen molar-refractivity contribution in [3.63, 3.8) is 0 Å². The Kier molecular flexibility index (Phi) is 3.28. The summed E-state index contributed by atoms with van der Waals surface area (Å²) < 4.78 is 5.57. The molecule has 0 amide bonds. The monoisotopic (exact) mass is 304 g/mol. The first kappa shape index (κ1) is 13.2. The van der Waals surface area contributed by atoms with E-state index < -0.39 is 0 Å². The maximum atomic E-state index is 12.4. The lowest BCUT2D eigenvalue weighted by atomic mass is 10.1. The van der Waals surface area contributed by atoms with Gasteiger partial charge in [-0.1, -0.05) is 23.2 Å². The lowest BCUT2D eigenvalue weighted by molar-refractivity contribution is 0.101. The molecular formula is C16H10Cl2O2. The van der Waals surface area contributed by atoms with Crippen LogP contribution in [0.1, 0.15) is 21.7 Å². The molecule has 2 aromatic carbocycles. The molecule has 0 aliphatic rings. The first-order chi connectivity index (χ1) is 9.52. The number of aryl methyl sites for hydroxylation is 1. The summed E-state index contributed by atoms with van der Waals surface area (Å²) in [7, 11) is 0. The summed E-state index contributed by atoms with van der Waals surface area (Å²) in [4.78, 5) is 12.4. The number of rotatable bonds is 2. The Morgan fingerprint density at radius 1 is 1.00 bits per heavy atom. The number of ketones is 1. The van der Waals surface area contributed by atoms with Gasteiger partial charge in [-0.25, -0.2) is 0 Å². The van der Waals surface area contributed by atoms with Crippen LogP contribution in [-0.2, 0) is 0 Å². The van der Waals surface area contributed by atoms with Gasteiger partial charge < -0.3 is 4.42 Å². The van der Waals surface area contributed by atoms with Crippen LogP contribution in [-0.4, -0.2) is 5.78 Å². The predicted octanol–water partition coefficient (Wildman–Crippen LogP) is 5.28. The molecule has 3 aromatic rings. The molecule has 4 heteroatoms. The maximum Gasteiger partial charge on any atom is 0.228 e. The highest BCUT2D eigenvalue weighted by Crippen LogP contribution is 2.25. The van der Waals surface area contributed by atoms with Crippen molar-refractivity contribution in [3.8, 4) is 0 Å². The van der Waals surface area contributed by atoms with Crippen LogP contribution in [0.5, 0.6) is 0 Å². The van der Waals surface area contributed by atoms with E-state index in [9.17, 15) is 4.79 Å². The third-order valence-electron chi connectivity index (χ3n) is 3.01. The molecule has 0 N–H and O–H groups in total. The molecule has 0 radical (unpaired) electrons. The van der Waals surface area contributed by atoms with E-state index >= 15 is 0 Å². The fourth-order valence-electron chi connectivity index (χ4n) is 2.14. The van der Waals surface area contributed by atoms with Gasteiger partial charge in [0.1, 0.15) is 5.58 Å². The van der Waals surface area contributed by atoms with Gasteiger partial charge in [0, 0.05) is 21.0 Å². The third-order valence-corrected chi connectivity index (χ3v) is 3.46. The molecule has 1 aromatic heterocycles. The topological polar surface area (TPSA) is 30.2 Å². The van der Waals surface area contributed by atoms with E-state index in [-0.39, 0.29) is 11.5 Å². The number of fused-ring (bicyclic) bond motifs is 1. The third kappa shape index (κ3) is 2.45. The number of halogens is 2. The van der Waals surface area contributed by atoms with Crippen molar-refractivity contribution in [2.45, 2.75) is 6.92 Å². The molecular weight excluding hydrogens is 295 g/mol. The second-order valence-electron chi connectivity index (χ2n) is 4.64. The second-order valence-corrected chi connectivity index (χ2v) is 5.51. The molecule has 0 bridgehead atoms. The van der Waals surface area contributed by atoms with Crippen LogP contribution < -0.4 is 0 Å². The van der Waals surface area contributed by atoms with E-state index in [2.05, 4.69) is 0 Å². The largest absolute Gasteiger partial charge is 0.453 e. The highest BCUT2D eigenvalue weighted by atomic mass is 35.5. The van der Waals surface area contributed by atoms with Crippen LogP contribution in [0.4, 0.5) is 0 Å². The smallest absolute Gasteiger partial charge is 0.228 e. The van der Waals surface area contributed by atoms with Gasteiger partial charge >= 0.3 is 0 Å². The summed E-state index contributed by atoms with van der Waals surface area (Å²) in [6.07, 6.45) is 0. The van der Waals surface area contributed by atoms with Gasteiger partial charge in [0.25, 0.3) is 0 Å². The minimum absolute atomic E-state index is 0.192. The molecule has 100 valence electrons. The van der Waals surface area contributed by atoms with E-state index in [4.69, 9.17) is 27.6 Å². The first-order valence-corrected chi connectivity index (χ1v) is 6.79. The molecule has 2 nitrogen and oxygen atoms in total. The summed E-state index contributed by atoms with van der Waals surface area (Å²) in [5.74, 6) is 0.0897. The minimum Gasteiger partial charge on any atom is -0.453 e. The Morgan fingerprint density at radius 3 is 2.55 bits per heavy atom. The summed E-state index contributed by atoms with van der Waals surface area (Å²) >= 11 is 11.9. The van der Waals surface area contributed by atoms with Crippen molar-refractivity contribution >= 4 is 40.0 Å². The van der Waals surface area contributed by atoms with Gasteiger partial charge in [0.2, 0.25) is 5.78 Å². The van der Waals surface area contributed by atoms with E-state index in [0.717, 1.165) is 10.9 Å². The lowest BCUT2D eigenvalue weighted by Crippen LogP contribution is -1.99. The molecule has 0 aliphatic heterocycles. The van der Waals surface area contributed by atoms with Crippen molar-refractivity contribution in [2.24, 2.45) is 0 Å². The van der Waals surface area contributed by atoms with Gasteiger partial charge in [0.15, 0.2) is 5.76 Å². The Bertz CT molecular complexity index is 798. The number of carbonyl (C=O) groups excluding carboxylic acids is 1. The summed E-state index contributed by atoms with van der Waals surface area (Å²) in [5, 5.41) is 1.95. The Morgan fingerprint density at radius 2 is 1.80 bits per heavy atom. The normalized spacial score (nSPS) is 10.9. The van der Waals surface area contributed by atoms with Gasteiger partial charge in [0.05, 0.1) is 0 Å². The highest BCUT2D eigenvalue weighted by Gasteiger charge is 2.15. The fraction of sp³-hybridized carbons (Fsp3) is 0.0625. The van der Waals surface area contributed by atoms with Crippen molar-refractivity contribution in [1.29, 1.82) is 0 Å². The molecule has 0 saturated heterocycles. The molecule has 0 fully saturated rings. The van der Waals surface area contributed by atoms with E-state index in [1.54, 1.807) is 42.5 Å². The summed E-state index contributed by atoms with van der Waals surface area (Å²) in [5.41, 5.74) is 2.08. The van der Waals surface area contributed by atoms with Crippen LogP contribution in [0.3, 0.4) is 0 Å². The average Bonchev–Trinajstić information content (AvgIpc) is 2.79. The van der Waals surface area contributed by atoms with E-state index in [1.165, 1.54) is 0 Å². The van der Waals surface area contributed by atoms with Gasteiger partial charge in [-0.05, 0) is 55.0 Å². The summed E-state index contributed by atoms with van der Waals surface area (Å²) in [6.45, 7) is 1.89. The number of hydrogen-bond acceptors (Lipinski definition) is 2. The standard InChI is InChI=1S/C16H10Cl2O2/c1-9-4-11(7-13(18)5-9)16(19)15-8-10-6-12(17)2-3-14(10)20-15/h2-8H,1H3. The van der Waals surface area contributed by atoms with Gasteiger partial charge in [-0.3, -0.25) is 4.79 Å². The molecule has 20 heavy (non-hydrogen) atoms. The molecule has 0 aliphatic carbocycles. The van der Waals surface area contributed by atoms with Crippen molar-refractivity contribution in [3.05, 3.63) is 69.4 Å².